The summed E-state index contributed by atoms with van der Waals surface area (Å²) in [6.45, 7) is 4.47. The first-order chi connectivity index (χ1) is 36.6. The number of unbranched alkanes of at least 4 members (excludes halogenated alkanes) is 4. The van der Waals surface area contributed by atoms with Crippen molar-refractivity contribution in [3.05, 3.63) is 166 Å². The summed E-state index contributed by atoms with van der Waals surface area (Å²) in [6, 6.07) is 14.4. The molecule has 0 N–H and O–H groups in total. The van der Waals surface area contributed by atoms with Gasteiger partial charge in [0, 0.05) is 62.7 Å². The first kappa shape index (κ1) is 54.8. The number of nitrogens with zero attached hydrogens (tertiary/aromatic N) is 4. The quantitative estimate of drug-likeness (QED) is 0.0317. The molecule has 0 saturated heterocycles. The molecule has 0 atom stereocenters. The van der Waals surface area contributed by atoms with E-state index >= 15 is 26.3 Å². The van der Waals surface area contributed by atoms with E-state index in [4.69, 9.17) is 9.47 Å². The maximum absolute atomic E-state index is 15.5. The van der Waals surface area contributed by atoms with Crippen LogP contribution in [0, 0.1) is 0 Å². The van der Waals surface area contributed by atoms with E-state index in [1.807, 2.05) is 0 Å². The summed E-state index contributed by atoms with van der Waals surface area (Å²) in [5, 5.41) is 0. The number of hydrogen-bond donors (Lipinski definition) is 0. The molecule has 77 heavy (non-hydrogen) atoms. The molecule has 21 heteroatoms. The number of allylic oxidation sites excluding steroid dienone is 1. The predicted octanol–water partition coefficient (Wildman–Crippen LogP) is 8.83. The van der Waals surface area contributed by atoms with Crippen LogP contribution in [0.1, 0.15) is 115 Å². The van der Waals surface area contributed by atoms with Crippen LogP contribution in [0.25, 0.3) is 0 Å². The van der Waals surface area contributed by atoms with Gasteiger partial charge >= 0.3 is 24.3 Å². The Morgan fingerprint density at radius 2 is 0.831 bits per heavy atom. The van der Waals surface area contributed by atoms with Gasteiger partial charge in [0.15, 0.2) is 0 Å². The van der Waals surface area contributed by atoms with Gasteiger partial charge in [-0.15, -0.1) is 0 Å². The Balaban J connectivity index is 0.890. The molecule has 4 heterocycles. The van der Waals surface area contributed by atoms with Crippen LogP contribution in [-0.4, -0.2) is 102 Å². The number of hydrogen-bond acceptors (Lipinski definition) is 11. The Labute approximate surface area is 436 Å². The molecule has 0 bridgehead atoms. The van der Waals surface area contributed by atoms with Crippen molar-refractivity contribution < 1.29 is 79.0 Å². The topological polar surface area (TPSA) is 185 Å². The molecule has 8 rings (SSSR count). The van der Waals surface area contributed by atoms with Gasteiger partial charge in [-0.3, -0.25) is 48.1 Å². The van der Waals surface area contributed by atoms with E-state index in [1.165, 1.54) is 66.8 Å². The molecule has 7 amide bonds. The Kier molecular flexibility index (Phi) is 15.9. The van der Waals surface area contributed by atoms with Gasteiger partial charge in [0.05, 0.1) is 46.8 Å². The maximum Gasteiger partial charge on any atom is 0.411 e. The lowest BCUT2D eigenvalue weighted by molar-refractivity contribution is -0.288. The van der Waals surface area contributed by atoms with Gasteiger partial charge < -0.3 is 14.4 Å². The minimum absolute atomic E-state index is 0.00723. The smallest absolute Gasteiger partial charge is 0.411 e. The Hall–Kier alpha value is -8.49. The number of alkyl halides is 6. The number of imide groups is 3. The average molecular weight is 1070 g/mol. The summed E-state index contributed by atoms with van der Waals surface area (Å²) >= 11 is 0. The highest BCUT2D eigenvalue weighted by molar-refractivity contribution is 6.35. The lowest BCUT2D eigenvalue weighted by Crippen LogP contribution is -2.55. The van der Waals surface area contributed by atoms with Crippen molar-refractivity contribution in [2.24, 2.45) is 0 Å². The van der Waals surface area contributed by atoms with Crippen molar-refractivity contribution in [3.63, 3.8) is 0 Å². The summed E-state index contributed by atoms with van der Waals surface area (Å²) in [4.78, 5) is 118. The molecule has 0 aliphatic carbocycles. The highest BCUT2D eigenvalue weighted by atomic mass is 19.4. The maximum atomic E-state index is 15.5. The minimum atomic E-state index is -6.18. The second-order valence-corrected chi connectivity index (χ2v) is 18.5. The zero-order chi connectivity index (χ0) is 55.4. The summed E-state index contributed by atoms with van der Waals surface area (Å²) in [5.41, 5.74) is -8.55. The Bertz CT molecular complexity index is 2900. The average Bonchev–Trinajstić information content (AvgIpc) is 4.17. The van der Waals surface area contributed by atoms with Gasteiger partial charge in [0.2, 0.25) is 5.41 Å². The van der Waals surface area contributed by atoms with E-state index in [0.29, 0.717) is 108 Å². The Morgan fingerprint density at radius 3 is 1.22 bits per heavy atom. The number of carbonyl (C=O) groups is 9. The molecule has 0 aromatic heterocycles. The van der Waals surface area contributed by atoms with E-state index < -0.39 is 86.7 Å². The van der Waals surface area contributed by atoms with Crippen LogP contribution in [0.4, 0.5) is 37.7 Å². The van der Waals surface area contributed by atoms with Crippen LogP contribution in [0.2, 0.25) is 0 Å². The van der Waals surface area contributed by atoms with E-state index in [1.54, 1.807) is 11.0 Å². The first-order valence-corrected chi connectivity index (χ1v) is 24.5. The third-order valence-corrected chi connectivity index (χ3v) is 13.6. The summed E-state index contributed by atoms with van der Waals surface area (Å²) in [6.07, 6.45) is -2.84. The van der Waals surface area contributed by atoms with Crippen LogP contribution in [0.5, 0.6) is 0 Å². The number of esters is 2. The fraction of sp³-hybridized carbons (Fsp3) is 0.304. The number of amides is 7. The number of carbonyl (C=O) groups excluding carboxylic acids is 9. The van der Waals surface area contributed by atoms with Crippen molar-refractivity contribution in [3.8, 4) is 0 Å². The molecule has 4 aromatic rings. The molecule has 4 aliphatic heterocycles. The third kappa shape index (κ3) is 11.1. The number of rotatable bonds is 22. The van der Waals surface area contributed by atoms with Gasteiger partial charge in [0.1, 0.15) is 0 Å². The number of halogens is 6. The molecule has 15 nitrogen and oxygen atoms in total. The van der Waals surface area contributed by atoms with Crippen LogP contribution in [-0.2, 0) is 51.7 Å². The molecule has 0 radical (unpaired) electrons. The van der Waals surface area contributed by atoms with E-state index in [-0.39, 0.29) is 74.5 Å². The van der Waals surface area contributed by atoms with Crippen LogP contribution < -0.4 is 9.80 Å². The normalized spacial score (nSPS) is 15.5. The molecule has 4 aromatic carbocycles. The number of benzene rings is 4. The van der Waals surface area contributed by atoms with Gasteiger partial charge in [0.25, 0.3) is 41.4 Å². The van der Waals surface area contributed by atoms with Crippen LogP contribution in [0.3, 0.4) is 0 Å². The van der Waals surface area contributed by atoms with Crippen molar-refractivity contribution >= 4 is 64.7 Å². The predicted molar refractivity (Wildman–Crippen MR) is 263 cm³/mol. The molecular weight excluding hydrogens is 1020 g/mol. The molecular formula is C56H48F6N4O11. The van der Waals surface area contributed by atoms with Gasteiger partial charge in [-0.1, -0.05) is 55.8 Å². The lowest BCUT2D eigenvalue weighted by atomic mass is 9.71. The second kappa shape index (κ2) is 22.4. The van der Waals surface area contributed by atoms with Crippen molar-refractivity contribution in [2.45, 2.75) is 82.0 Å². The minimum Gasteiger partial charge on any atom is -0.465 e. The van der Waals surface area contributed by atoms with Crippen LogP contribution in [0.15, 0.2) is 122 Å². The molecule has 0 fully saturated rings. The van der Waals surface area contributed by atoms with Crippen LogP contribution >= 0.6 is 0 Å². The summed E-state index contributed by atoms with van der Waals surface area (Å²) in [7, 11) is 0. The molecule has 0 unspecified atom stereocenters. The second-order valence-electron chi connectivity index (χ2n) is 18.5. The molecule has 400 valence electrons. The monoisotopic (exact) mass is 1070 g/mol. The SMILES string of the molecule is C=C1C=CC(=O)N1CCCCCC(=O)OCCc1ccc(N2C(=O)c3ccc(C(c4ccc5c(c4)C(=O)N(c4ccc(CCOC(=O)CCCCCN6C(=O)C=CC6=O)cc4)C5=O)(C(F)(F)F)C(F)(F)F)cc3C2=O)cc1. The fourth-order valence-electron chi connectivity index (χ4n) is 9.56. The standard InChI is InChI=1S/C56H48F6N4O11/c1-34-10-23-45(67)63(34)28-6-2-4-8-48(70)76-30-26-35-11-17-39(18-12-35)65-50(72)41-21-15-37(32-43(41)52(65)74)54(55(57,58)59,56(60,61)62)38-16-22-42-44(33-38)53(75)66(51(42)73)40-19-13-36(14-20-40)27-31-77-49(71)9-5-3-7-29-64-46(68)24-25-47(64)69/h10-25,32-33H,1-9,26-31H2. The van der Waals surface area contributed by atoms with Crippen molar-refractivity contribution in [1.29, 1.82) is 0 Å². The third-order valence-electron chi connectivity index (χ3n) is 13.6. The van der Waals surface area contributed by atoms with E-state index in [9.17, 15) is 43.2 Å². The number of ether oxygens (including phenoxy) is 2. The molecule has 4 aliphatic rings. The number of fused-ring (bicyclic) bond motifs is 2. The fourth-order valence-corrected chi connectivity index (χ4v) is 9.56. The van der Waals surface area contributed by atoms with Gasteiger partial charge in [-0.05, 0) is 103 Å². The van der Waals surface area contributed by atoms with Gasteiger partial charge in [-0.25, -0.2) is 9.80 Å². The van der Waals surface area contributed by atoms with Crippen molar-refractivity contribution in [1.82, 2.24) is 9.80 Å². The zero-order valence-electron chi connectivity index (χ0n) is 41.0. The van der Waals surface area contributed by atoms with E-state index in [0.717, 1.165) is 4.90 Å². The van der Waals surface area contributed by atoms with Crippen molar-refractivity contribution in [2.75, 3.05) is 36.1 Å². The molecule has 0 spiro atoms. The zero-order valence-corrected chi connectivity index (χ0v) is 41.0. The van der Waals surface area contributed by atoms with Gasteiger partial charge in [-0.2, -0.15) is 26.3 Å². The lowest BCUT2D eigenvalue weighted by Gasteiger charge is -2.38. The first-order valence-electron chi connectivity index (χ1n) is 24.5. The highest BCUT2D eigenvalue weighted by Gasteiger charge is 2.73. The Morgan fingerprint density at radius 1 is 0.455 bits per heavy atom. The highest BCUT2D eigenvalue weighted by Crippen LogP contribution is 2.57. The van der Waals surface area contributed by atoms with E-state index in [2.05, 4.69) is 6.58 Å². The number of anilines is 2. The molecule has 0 saturated carbocycles. The largest absolute Gasteiger partial charge is 0.465 e. The summed E-state index contributed by atoms with van der Waals surface area (Å²) in [5.74, 6) is -6.28. The summed E-state index contributed by atoms with van der Waals surface area (Å²) < 4.78 is 104.